The number of nitrogens with zero attached hydrogens (tertiary/aromatic N) is 2. The van der Waals surface area contributed by atoms with E-state index in [1.165, 1.54) is 31.0 Å². The minimum absolute atomic E-state index is 0.0280. The molecule has 2 saturated carbocycles. The molecule has 0 unspecified atom stereocenters. The van der Waals surface area contributed by atoms with Crippen LogP contribution in [0.2, 0.25) is 0 Å². The van der Waals surface area contributed by atoms with Crippen LogP contribution in [0.25, 0.3) is 10.9 Å². The van der Waals surface area contributed by atoms with Crippen molar-refractivity contribution in [1.29, 1.82) is 0 Å². The monoisotopic (exact) mass is 413 g/mol. The van der Waals surface area contributed by atoms with Gasteiger partial charge in [0.15, 0.2) is 5.16 Å². The van der Waals surface area contributed by atoms with Gasteiger partial charge in [-0.25, -0.2) is 4.98 Å². The molecule has 5 nitrogen and oxygen atoms in total. The van der Waals surface area contributed by atoms with Gasteiger partial charge in [-0.3, -0.25) is 14.2 Å². The number of benzene rings is 1. The predicted molar refractivity (Wildman–Crippen MR) is 118 cm³/mol. The standard InChI is InChI=1S/C23H31N3O2S/c1-15-8-7-13-20(16(15)2)26-22(28)18-11-5-6-12-19(18)25-23(26)29-14-21(27)24-17-9-3-4-10-17/h5-6,11-12,15-17,20H,3-4,7-10,13-14H2,1-2H3,(H,24,27)/t15-,16+,20-/m0/s1. The fraction of sp³-hybridized carbons (Fsp3) is 0.609. The van der Waals surface area contributed by atoms with Gasteiger partial charge in [0, 0.05) is 12.1 Å². The molecule has 2 aliphatic carbocycles. The number of carbonyl (C=O) groups excluding carboxylic acids is 1. The molecule has 0 spiro atoms. The average molecular weight is 414 g/mol. The molecule has 3 atom stereocenters. The zero-order chi connectivity index (χ0) is 20.4. The van der Waals surface area contributed by atoms with E-state index in [-0.39, 0.29) is 17.5 Å². The second kappa shape index (κ2) is 8.90. The Bertz CT molecular complexity index is 935. The van der Waals surface area contributed by atoms with E-state index < -0.39 is 0 Å². The van der Waals surface area contributed by atoms with E-state index in [1.54, 1.807) is 0 Å². The van der Waals surface area contributed by atoms with Crippen molar-refractivity contribution in [1.82, 2.24) is 14.9 Å². The van der Waals surface area contributed by atoms with Gasteiger partial charge in [-0.2, -0.15) is 0 Å². The summed E-state index contributed by atoms with van der Waals surface area (Å²) in [5.74, 6) is 1.34. The lowest BCUT2D eigenvalue weighted by atomic mass is 9.78. The van der Waals surface area contributed by atoms with E-state index in [9.17, 15) is 9.59 Å². The van der Waals surface area contributed by atoms with Gasteiger partial charge in [0.05, 0.1) is 16.7 Å². The van der Waals surface area contributed by atoms with Crippen LogP contribution in [0.1, 0.15) is 64.8 Å². The molecule has 2 fully saturated rings. The zero-order valence-electron chi connectivity index (χ0n) is 17.4. The van der Waals surface area contributed by atoms with Crippen LogP contribution in [0.5, 0.6) is 0 Å². The Hall–Kier alpha value is -1.82. The number of hydrogen-bond acceptors (Lipinski definition) is 4. The highest BCUT2D eigenvalue weighted by atomic mass is 32.2. The van der Waals surface area contributed by atoms with Gasteiger partial charge in [-0.05, 0) is 43.2 Å². The summed E-state index contributed by atoms with van der Waals surface area (Å²) in [6.45, 7) is 4.52. The second-order valence-corrected chi connectivity index (χ2v) is 9.70. The molecule has 1 amide bonds. The molecule has 0 saturated heterocycles. The molecule has 2 aliphatic rings. The van der Waals surface area contributed by atoms with Crippen LogP contribution < -0.4 is 10.9 Å². The van der Waals surface area contributed by atoms with Crippen molar-refractivity contribution < 1.29 is 4.79 Å². The number of hydrogen-bond donors (Lipinski definition) is 1. The van der Waals surface area contributed by atoms with Crippen molar-refractivity contribution in [2.45, 2.75) is 76.0 Å². The maximum atomic E-state index is 13.4. The van der Waals surface area contributed by atoms with Crippen molar-refractivity contribution in [2.75, 3.05) is 5.75 Å². The Kier molecular flexibility index (Phi) is 6.28. The molecule has 29 heavy (non-hydrogen) atoms. The molecule has 156 valence electrons. The minimum atomic E-state index is 0.0280. The molecule has 0 radical (unpaired) electrons. The lowest BCUT2D eigenvalue weighted by Crippen LogP contribution is -2.36. The van der Waals surface area contributed by atoms with Gasteiger partial charge in [-0.15, -0.1) is 0 Å². The molecule has 1 aromatic carbocycles. The molecule has 1 N–H and O–H groups in total. The number of fused-ring (bicyclic) bond motifs is 1. The van der Waals surface area contributed by atoms with E-state index >= 15 is 0 Å². The Labute approximate surface area is 176 Å². The van der Waals surface area contributed by atoms with Crippen molar-refractivity contribution in [3.63, 3.8) is 0 Å². The first-order valence-corrected chi connectivity index (χ1v) is 12.0. The van der Waals surface area contributed by atoms with Crippen LogP contribution in [0.4, 0.5) is 0 Å². The number of aromatic nitrogens is 2. The predicted octanol–water partition coefficient (Wildman–Crippen LogP) is 4.54. The van der Waals surface area contributed by atoms with E-state index in [4.69, 9.17) is 4.98 Å². The van der Waals surface area contributed by atoms with E-state index in [0.717, 1.165) is 25.7 Å². The molecule has 0 aliphatic heterocycles. The lowest BCUT2D eigenvalue weighted by Gasteiger charge is -2.36. The maximum Gasteiger partial charge on any atom is 0.262 e. The zero-order valence-corrected chi connectivity index (χ0v) is 18.2. The van der Waals surface area contributed by atoms with Gasteiger partial charge in [0.2, 0.25) is 5.91 Å². The topological polar surface area (TPSA) is 64.0 Å². The minimum Gasteiger partial charge on any atom is -0.353 e. The van der Waals surface area contributed by atoms with Crippen LogP contribution in [0, 0.1) is 11.8 Å². The first kappa shape index (κ1) is 20.5. The Morgan fingerprint density at radius 3 is 2.69 bits per heavy atom. The van der Waals surface area contributed by atoms with E-state index in [0.29, 0.717) is 39.7 Å². The molecular formula is C23H31N3O2S. The number of para-hydroxylation sites is 1. The van der Waals surface area contributed by atoms with Gasteiger partial charge in [0.25, 0.3) is 5.56 Å². The highest BCUT2D eigenvalue weighted by Gasteiger charge is 2.31. The van der Waals surface area contributed by atoms with Gasteiger partial charge >= 0.3 is 0 Å². The number of carbonyl (C=O) groups is 1. The summed E-state index contributed by atoms with van der Waals surface area (Å²) in [7, 11) is 0. The van der Waals surface area contributed by atoms with E-state index in [2.05, 4.69) is 19.2 Å². The van der Waals surface area contributed by atoms with Crippen molar-refractivity contribution >= 4 is 28.6 Å². The van der Waals surface area contributed by atoms with Crippen molar-refractivity contribution in [3.05, 3.63) is 34.6 Å². The van der Waals surface area contributed by atoms with E-state index in [1.807, 2.05) is 28.8 Å². The Morgan fingerprint density at radius 1 is 1.14 bits per heavy atom. The summed E-state index contributed by atoms with van der Waals surface area (Å²) < 4.78 is 1.90. The van der Waals surface area contributed by atoms with Crippen molar-refractivity contribution in [2.24, 2.45) is 11.8 Å². The summed E-state index contributed by atoms with van der Waals surface area (Å²) in [6.07, 6.45) is 7.87. The van der Waals surface area contributed by atoms with Crippen molar-refractivity contribution in [3.8, 4) is 0 Å². The fourth-order valence-electron chi connectivity index (χ4n) is 4.91. The molecule has 1 aromatic heterocycles. The summed E-state index contributed by atoms with van der Waals surface area (Å²) in [6, 6.07) is 8.00. The van der Waals surface area contributed by atoms with Gasteiger partial charge < -0.3 is 5.32 Å². The number of thioether (sulfide) groups is 1. The smallest absolute Gasteiger partial charge is 0.262 e. The molecule has 2 aromatic rings. The van der Waals surface area contributed by atoms with Crippen LogP contribution in [-0.4, -0.2) is 27.3 Å². The van der Waals surface area contributed by atoms with Gasteiger partial charge in [-0.1, -0.05) is 63.4 Å². The summed E-state index contributed by atoms with van der Waals surface area (Å²) in [4.78, 5) is 30.7. The normalized spacial score (nSPS) is 25.4. The molecule has 1 heterocycles. The molecule has 4 rings (SSSR count). The van der Waals surface area contributed by atoms with Crippen LogP contribution >= 0.6 is 11.8 Å². The molecule has 0 bridgehead atoms. The summed E-state index contributed by atoms with van der Waals surface area (Å²) in [5, 5.41) is 4.49. The van der Waals surface area contributed by atoms with Crippen LogP contribution in [-0.2, 0) is 4.79 Å². The first-order chi connectivity index (χ1) is 14.0. The summed E-state index contributed by atoms with van der Waals surface area (Å²) >= 11 is 1.40. The first-order valence-electron chi connectivity index (χ1n) is 11.0. The van der Waals surface area contributed by atoms with Crippen LogP contribution in [0.3, 0.4) is 0 Å². The highest BCUT2D eigenvalue weighted by molar-refractivity contribution is 7.99. The fourth-order valence-corrected chi connectivity index (χ4v) is 5.77. The third kappa shape index (κ3) is 4.37. The molecule has 6 heteroatoms. The highest BCUT2D eigenvalue weighted by Crippen LogP contribution is 2.38. The Balaban J connectivity index is 1.64. The number of rotatable bonds is 5. The maximum absolute atomic E-state index is 13.4. The number of amides is 1. The average Bonchev–Trinajstić information content (AvgIpc) is 3.22. The third-order valence-corrected chi connectivity index (χ3v) is 7.78. The third-order valence-electron chi connectivity index (χ3n) is 6.82. The van der Waals surface area contributed by atoms with Crippen LogP contribution in [0.15, 0.2) is 34.2 Å². The number of nitrogens with one attached hydrogen (secondary N) is 1. The summed E-state index contributed by atoms with van der Waals surface area (Å²) in [5.41, 5.74) is 0.740. The largest absolute Gasteiger partial charge is 0.353 e. The second-order valence-electron chi connectivity index (χ2n) is 8.76. The Morgan fingerprint density at radius 2 is 1.90 bits per heavy atom. The molecular weight excluding hydrogens is 382 g/mol. The quantitative estimate of drug-likeness (QED) is 0.577. The lowest BCUT2D eigenvalue weighted by molar-refractivity contribution is -0.119. The van der Waals surface area contributed by atoms with Gasteiger partial charge in [0.1, 0.15) is 0 Å². The SMILES string of the molecule is C[C@@H]1[C@@H](C)CCC[C@@H]1n1c(SCC(=O)NC2CCCC2)nc2ccccc2c1=O.